The first-order valence-corrected chi connectivity index (χ1v) is 12.9. The van der Waals surface area contributed by atoms with E-state index < -0.39 is 17.7 Å². The lowest BCUT2D eigenvalue weighted by Gasteiger charge is -2.40. The van der Waals surface area contributed by atoms with Crippen molar-refractivity contribution in [1.29, 1.82) is 0 Å². The number of hydroxylamine groups is 2. The van der Waals surface area contributed by atoms with Gasteiger partial charge in [-0.3, -0.25) is 0 Å². The Bertz CT molecular complexity index is 557. The van der Waals surface area contributed by atoms with Gasteiger partial charge in [-0.1, -0.05) is 57.4 Å². The number of allylic oxidation sites excluding steroid dienone is 1. The van der Waals surface area contributed by atoms with Crippen LogP contribution in [0.15, 0.2) is 12.7 Å². The van der Waals surface area contributed by atoms with Crippen molar-refractivity contribution in [2.75, 3.05) is 0 Å². The minimum absolute atomic E-state index is 0.297. The third-order valence-corrected chi connectivity index (χ3v) is 6.44. The normalized spacial score (nSPS) is 19.4. The molecule has 2 fully saturated rings. The zero-order valence-corrected chi connectivity index (χ0v) is 20.7. The Hall–Kier alpha value is -1.56. The molecule has 1 atom stereocenters. The molecule has 2 saturated carbocycles. The zero-order chi connectivity index (χ0) is 23.4. The lowest BCUT2D eigenvalue weighted by Crippen LogP contribution is -2.51. The Labute approximate surface area is 195 Å². The summed E-state index contributed by atoms with van der Waals surface area (Å²) in [6, 6.07) is -0.0978. The summed E-state index contributed by atoms with van der Waals surface area (Å²) < 4.78 is 5.42. The highest BCUT2D eigenvalue weighted by atomic mass is 16.7. The maximum absolute atomic E-state index is 13.3. The van der Waals surface area contributed by atoms with Crippen LogP contribution in [0.5, 0.6) is 0 Å². The van der Waals surface area contributed by atoms with E-state index in [4.69, 9.17) is 9.57 Å². The van der Waals surface area contributed by atoms with Crippen LogP contribution in [-0.2, 0) is 14.4 Å². The molecule has 0 spiro atoms. The molecular weight excluding hydrogens is 404 g/mol. The summed E-state index contributed by atoms with van der Waals surface area (Å²) in [4.78, 5) is 31.8. The first-order valence-electron chi connectivity index (χ1n) is 12.9. The first-order chi connectivity index (χ1) is 15.3. The van der Waals surface area contributed by atoms with Crippen LogP contribution in [0.1, 0.15) is 117 Å². The van der Waals surface area contributed by atoms with Gasteiger partial charge in [-0.05, 0) is 65.7 Å². The van der Waals surface area contributed by atoms with Crippen molar-refractivity contribution in [3.8, 4) is 0 Å². The molecule has 6 heteroatoms. The number of carbonyl (C=O) groups is 2. The number of carbonyl (C=O) groups excluding carboxylic acids is 2. The van der Waals surface area contributed by atoms with E-state index >= 15 is 0 Å². The average Bonchev–Trinajstić information content (AvgIpc) is 2.76. The van der Waals surface area contributed by atoms with E-state index in [1.54, 1.807) is 0 Å². The van der Waals surface area contributed by atoms with Gasteiger partial charge in [-0.15, -0.1) is 11.6 Å². The molecule has 0 bridgehead atoms. The van der Waals surface area contributed by atoms with Crippen LogP contribution in [0.2, 0.25) is 0 Å². The molecule has 0 aliphatic heterocycles. The minimum atomic E-state index is -0.691. The molecule has 6 nitrogen and oxygen atoms in total. The van der Waals surface area contributed by atoms with Gasteiger partial charge in [0.05, 0.1) is 0 Å². The summed E-state index contributed by atoms with van der Waals surface area (Å²) in [5, 5.41) is 4.82. The summed E-state index contributed by atoms with van der Waals surface area (Å²) in [5.41, 5.74) is -0.612. The Morgan fingerprint density at radius 2 is 1.53 bits per heavy atom. The number of amides is 1. The second-order valence-corrected chi connectivity index (χ2v) is 10.5. The maximum Gasteiger partial charge on any atom is 0.408 e. The molecule has 1 unspecified atom stereocenters. The molecule has 0 heterocycles. The van der Waals surface area contributed by atoms with Gasteiger partial charge >= 0.3 is 12.1 Å². The minimum Gasteiger partial charge on any atom is -0.444 e. The topological polar surface area (TPSA) is 67.9 Å². The number of nitrogens with one attached hydrogen (secondary N) is 1. The van der Waals surface area contributed by atoms with Crippen molar-refractivity contribution in [3.63, 3.8) is 0 Å². The molecule has 2 rings (SSSR count). The number of alkyl carbamates (subject to hydrolysis) is 1. The monoisotopic (exact) mass is 450 g/mol. The molecule has 0 radical (unpaired) electrons. The van der Waals surface area contributed by atoms with Crippen molar-refractivity contribution in [3.05, 3.63) is 12.7 Å². The number of rotatable bonds is 11. The summed E-state index contributed by atoms with van der Waals surface area (Å²) in [5.74, 6) is -0.351. The van der Waals surface area contributed by atoms with E-state index in [0.29, 0.717) is 18.5 Å². The van der Waals surface area contributed by atoms with E-state index in [1.807, 2.05) is 31.9 Å². The summed E-state index contributed by atoms with van der Waals surface area (Å²) in [6.07, 6.45) is 17.3. The molecular formula is C26H46N2O4. The lowest BCUT2D eigenvalue weighted by atomic mass is 9.90. The number of hydrogen-bond acceptors (Lipinski definition) is 5. The molecule has 0 aromatic carbocycles. The van der Waals surface area contributed by atoms with Crippen molar-refractivity contribution >= 4 is 12.1 Å². The molecule has 2 aliphatic carbocycles. The van der Waals surface area contributed by atoms with Gasteiger partial charge in [-0.25, -0.2) is 9.59 Å². The molecule has 0 aromatic rings. The van der Waals surface area contributed by atoms with Gasteiger partial charge in [0, 0.05) is 12.1 Å². The predicted octanol–water partition coefficient (Wildman–Crippen LogP) is 6.44. The summed E-state index contributed by atoms with van der Waals surface area (Å²) in [7, 11) is 0. The smallest absolute Gasteiger partial charge is 0.408 e. The summed E-state index contributed by atoms with van der Waals surface area (Å²) >= 11 is 0. The van der Waals surface area contributed by atoms with Crippen LogP contribution in [0.3, 0.4) is 0 Å². The molecule has 32 heavy (non-hydrogen) atoms. The average molecular weight is 451 g/mol. The van der Waals surface area contributed by atoms with E-state index in [2.05, 4.69) is 11.9 Å². The third-order valence-electron chi connectivity index (χ3n) is 6.44. The molecule has 0 saturated heterocycles. The second kappa shape index (κ2) is 13.9. The zero-order valence-electron chi connectivity index (χ0n) is 20.7. The van der Waals surface area contributed by atoms with Crippen molar-refractivity contribution in [2.24, 2.45) is 0 Å². The van der Waals surface area contributed by atoms with Gasteiger partial charge in [0.2, 0.25) is 0 Å². The standard InChI is InChI=1S/C26H46N2O4/c1-5-6-7-8-15-20-23(27-25(30)31-26(2,3)4)24(29)32-28(21-16-11-9-12-17-21)22-18-13-10-14-19-22/h5,21-23H,1,6-20H2,2-4H3,(H,27,30). The fourth-order valence-corrected chi connectivity index (χ4v) is 4.80. The van der Waals surface area contributed by atoms with Gasteiger partial charge in [0.15, 0.2) is 0 Å². The van der Waals surface area contributed by atoms with Gasteiger partial charge in [0.25, 0.3) is 0 Å². The van der Waals surface area contributed by atoms with Crippen LogP contribution in [0.4, 0.5) is 4.79 Å². The number of hydrogen-bond donors (Lipinski definition) is 1. The number of ether oxygens (including phenoxy) is 1. The Morgan fingerprint density at radius 1 is 0.969 bits per heavy atom. The Balaban J connectivity index is 2.04. The fraction of sp³-hybridized carbons (Fsp3) is 0.846. The van der Waals surface area contributed by atoms with Crippen LogP contribution in [-0.4, -0.2) is 40.9 Å². The van der Waals surface area contributed by atoms with Crippen molar-refractivity contribution in [2.45, 2.75) is 141 Å². The molecule has 1 amide bonds. The molecule has 184 valence electrons. The van der Waals surface area contributed by atoms with Crippen molar-refractivity contribution < 1.29 is 19.2 Å². The summed E-state index contributed by atoms with van der Waals surface area (Å²) in [6.45, 7) is 9.23. The Kier molecular flexibility index (Phi) is 11.6. The van der Waals surface area contributed by atoms with Crippen LogP contribution >= 0.6 is 0 Å². The molecule has 2 aliphatic rings. The largest absolute Gasteiger partial charge is 0.444 e. The number of unbranched alkanes of at least 4 members (excludes halogenated alkanes) is 3. The number of nitrogens with zero attached hydrogens (tertiary/aromatic N) is 1. The van der Waals surface area contributed by atoms with Crippen LogP contribution in [0, 0.1) is 0 Å². The highest BCUT2D eigenvalue weighted by molar-refractivity contribution is 5.81. The van der Waals surface area contributed by atoms with Gasteiger partial charge < -0.3 is 14.9 Å². The highest BCUT2D eigenvalue weighted by Gasteiger charge is 2.34. The van der Waals surface area contributed by atoms with Crippen LogP contribution < -0.4 is 5.32 Å². The lowest BCUT2D eigenvalue weighted by molar-refractivity contribution is -0.225. The SMILES string of the molecule is C=CCCCCCC(NC(=O)OC(C)(C)C)C(=O)ON(C1CCCCC1)C1CCCCC1. The van der Waals surface area contributed by atoms with Gasteiger partial charge in [-0.2, -0.15) is 0 Å². The quantitative estimate of drug-likeness (QED) is 0.223. The van der Waals surface area contributed by atoms with Crippen molar-refractivity contribution in [1.82, 2.24) is 10.4 Å². The fourth-order valence-electron chi connectivity index (χ4n) is 4.80. The van der Waals surface area contributed by atoms with E-state index in [1.165, 1.54) is 38.5 Å². The van der Waals surface area contributed by atoms with E-state index in [-0.39, 0.29) is 5.97 Å². The predicted molar refractivity (Wildman–Crippen MR) is 128 cm³/mol. The molecule has 1 N–H and O–H groups in total. The Morgan fingerprint density at radius 3 is 2.03 bits per heavy atom. The highest BCUT2D eigenvalue weighted by Crippen LogP contribution is 2.30. The molecule has 0 aromatic heterocycles. The first kappa shape index (κ1) is 26.7. The van der Waals surface area contributed by atoms with Gasteiger partial charge in [0.1, 0.15) is 11.6 Å². The third kappa shape index (κ3) is 9.93. The van der Waals surface area contributed by atoms with E-state index in [0.717, 1.165) is 51.4 Å². The second-order valence-electron chi connectivity index (χ2n) is 10.5. The van der Waals surface area contributed by atoms with E-state index in [9.17, 15) is 9.59 Å². The van der Waals surface area contributed by atoms with Crippen LogP contribution in [0.25, 0.3) is 0 Å². The maximum atomic E-state index is 13.3.